The highest BCUT2D eigenvalue weighted by Gasteiger charge is 2.31. The third kappa shape index (κ3) is 4.24. The highest BCUT2D eigenvalue weighted by Crippen LogP contribution is 2.33. The second kappa shape index (κ2) is 9.10. The van der Waals surface area contributed by atoms with Gasteiger partial charge in [-0.25, -0.2) is 4.98 Å². The van der Waals surface area contributed by atoms with E-state index in [2.05, 4.69) is 11.9 Å². The van der Waals surface area contributed by atoms with E-state index in [1.165, 1.54) is 26.6 Å². The van der Waals surface area contributed by atoms with Gasteiger partial charge in [0.05, 0.1) is 10.5 Å². The molecule has 1 fully saturated rings. The number of fused-ring (bicyclic) bond motifs is 1. The lowest BCUT2D eigenvalue weighted by molar-refractivity contribution is -0.121. The van der Waals surface area contributed by atoms with Crippen molar-refractivity contribution >= 4 is 51.7 Å². The zero-order chi connectivity index (χ0) is 22.8. The van der Waals surface area contributed by atoms with E-state index in [1.807, 2.05) is 44.2 Å². The number of aromatic nitrogens is 2. The number of anilines is 1. The van der Waals surface area contributed by atoms with Crippen molar-refractivity contribution in [1.29, 1.82) is 0 Å². The van der Waals surface area contributed by atoms with Crippen LogP contribution in [0.2, 0.25) is 0 Å². The number of carbonyl (C=O) groups is 1. The molecule has 1 aromatic carbocycles. The fraction of sp³-hybridized carbons (Fsp3) is 0.167. The van der Waals surface area contributed by atoms with Gasteiger partial charge in [-0.15, -0.1) is 6.58 Å². The van der Waals surface area contributed by atoms with Crippen LogP contribution in [0, 0.1) is 13.8 Å². The van der Waals surface area contributed by atoms with Crippen LogP contribution in [0.15, 0.2) is 64.9 Å². The lowest BCUT2D eigenvalue weighted by Crippen LogP contribution is -2.28. The molecule has 0 aliphatic carbocycles. The van der Waals surface area contributed by atoms with E-state index in [-0.39, 0.29) is 11.5 Å². The van der Waals surface area contributed by atoms with Gasteiger partial charge in [0.2, 0.25) is 0 Å². The standard InChI is InChI=1S/C24H22N4O2S2/c1-4-11-28-23(30)19(32-24(28)31)13-18-20(25-14-17-9-7-15(2)8-10-17)26-21-16(3)6-5-12-27(21)22(18)29/h4-10,12-13,25H,1,11,14H2,2-3H3/b19-13-. The average molecular weight is 463 g/mol. The molecule has 0 unspecified atom stereocenters. The number of rotatable bonds is 6. The smallest absolute Gasteiger partial charge is 0.267 e. The van der Waals surface area contributed by atoms with Crippen molar-refractivity contribution < 1.29 is 4.79 Å². The van der Waals surface area contributed by atoms with Crippen molar-refractivity contribution in [2.75, 3.05) is 11.9 Å². The molecular formula is C24H22N4O2S2. The van der Waals surface area contributed by atoms with E-state index in [0.29, 0.717) is 39.3 Å². The molecule has 0 bridgehead atoms. The largest absolute Gasteiger partial charge is 0.365 e. The molecule has 3 heterocycles. The second-order valence-electron chi connectivity index (χ2n) is 7.48. The molecule has 1 saturated heterocycles. The first-order chi connectivity index (χ1) is 15.4. The van der Waals surface area contributed by atoms with Gasteiger partial charge >= 0.3 is 0 Å². The van der Waals surface area contributed by atoms with Crippen LogP contribution in [0.3, 0.4) is 0 Å². The normalized spacial score (nSPS) is 15.1. The van der Waals surface area contributed by atoms with Crippen molar-refractivity contribution in [3.05, 3.63) is 92.8 Å². The van der Waals surface area contributed by atoms with E-state index >= 15 is 0 Å². The maximum atomic E-state index is 13.4. The van der Waals surface area contributed by atoms with Gasteiger partial charge in [0.1, 0.15) is 15.8 Å². The summed E-state index contributed by atoms with van der Waals surface area (Å²) >= 11 is 6.50. The molecule has 3 aromatic rings. The van der Waals surface area contributed by atoms with Crippen molar-refractivity contribution in [3.8, 4) is 0 Å². The molecule has 0 atom stereocenters. The number of amides is 1. The van der Waals surface area contributed by atoms with Crippen LogP contribution in [0.4, 0.5) is 5.82 Å². The third-order valence-electron chi connectivity index (χ3n) is 5.13. The summed E-state index contributed by atoms with van der Waals surface area (Å²) in [5.74, 6) is 0.192. The number of nitrogens with zero attached hydrogens (tertiary/aromatic N) is 3. The third-order valence-corrected chi connectivity index (χ3v) is 6.50. The molecule has 162 valence electrons. The number of nitrogens with one attached hydrogen (secondary N) is 1. The summed E-state index contributed by atoms with van der Waals surface area (Å²) in [6, 6.07) is 11.8. The summed E-state index contributed by atoms with van der Waals surface area (Å²) < 4.78 is 1.95. The lowest BCUT2D eigenvalue weighted by Gasteiger charge is -2.13. The molecule has 1 aliphatic rings. The number of thioether (sulfide) groups is 1. The van der Waals surface area contributed by atoms with Crippen molar-refractivity contribution in [2.24, 2.45) is 0 Å². The monoisotopic (exact) mass is 462 g/mol. The summed E-state index contributed by atoms with van der Waals surface area (Å²) in [7, 11) is 0. The van der Waals surface area contributed by atoms with Gasteiger partial charge in [0, 0.05) is 19.3 Å². The Morgan fingerprint density at radius 1 is 1.19 bits per heavy atom. The first-order valence-electron chi connectivity index (χ1n) is 10.1. The first kappa shape index (κ1) is 22.0. The minimum atomic E-state index is -0.251. The molecule has 8 heteroatoms. The molecule has 1 amide bonds. The molecule has 32 heavy (non-hydrogen) atoms. The van der Waals surface area contributed by atoms with Crippen LogP contribution in [0.1, 0.15) is 22.3 Å². The van der Waals surface area contributed by atoms with Gasteiger partial charge in [-0.1, -0.05) is 66.0 Å². The Morgan fingerprint density at radius 3 is 2.66 bits per heavy atom. The number of thiocarbonyl (C=S) groups is 1. The maximum absolute atomic E-state index is 13.4. The van der Waals surface area contributed by atoms with Crippen molar-refractivity contribution in [3.63, 3.8) is 0 Å². The van der Waals surface area contributed by atoms with E-state index in [4.69, 9.17) is 17.2 Å². The Bertz CT molecular complexity index is 1330. The number of hydrogen-bond donors (Lipinski definition) is 1. The van der Waals surface area contributed by atoms with Gasteiger partial charge < -0.3 is 5.32 Å². The average Bonchev–Trinajstić information content (AvgIpc) is 3.04. The van der Waals surface area contributed by atoms with Crippen molar-refractivity contribution in [2.45, 2.75) is 20.4 Å². The summed E-state index contributed by atoms with van der Waals surface area (Å²) in [6.45, 7) is 8.44. The van der Waals surface area contributed by atoms with Crippen LogP contribution < -0.4 is 10.9 Å². The highest BCUT2D eigenvalue weighted by atomic mass is 32.2. The Morgan fingerprint density at radius 2 is 1.94 bits per heavy atom. The fourth-order valence-electron chi connectivity index (χ4n) is 3.39. The summed E-state index contributed by atoms with van der Waals surface area (Å²) in [5, 5.41) is 3.29. The summed E-state index contributed by atoms with van der Waals surface area (Å²) in [4.78, 5) is 32.8. The molecular weight excluding hydrogens is 440 g/mol. The molecule has 6 nitrogen and oxygen atoms in total. The molecule has 1 N–H and O–H groups in total. The Balaban J connectivity index is 1.80. The summed E-state index contributed by atoms with van der Waals surface area (Å²) in [6.07, 6.45) is 4.89. The Labute approximate surface area is 195 Å². The fourth-order valence-corrected chi connectivity index (χ4v) is 4.64. The molecule has 0 saturated carbocycles. The molecule has 1 aliphatic heterocycles. The predicted octanol–water partition coefficient (Wildman–Crippen LogP) is 4.31. The van der Waals surface area contributed by atoms with Crippen LogP contribution in [-0.2, 0) is 11.3 Å². The van der Waals surface area contributed by atoms with Gasteiger partial charge in [-0.05, 0) is 37.1 Å². The minimum absolute atomic E-state index is 0.238. The first-order valence-corrected chi connectivity index (χ1v) is 11.3. The van der Waals surface area contributed by atoms with Gasteiger partial charge in [-0.3, -0.25) is 18.9 Å². The van der Waals surface area contributed by atoms with E-state index in [0.717, 1.165) is 11.1 Å². The van der Waals surface area contributed by atoms with Crippen LogP contribution in [0.25, 0.3) is 11.7 Å². The molecule has 0 spiro atoms. The van der Waals surface area contributed by atoms with E-state index < -0.39 is 0 Å². The van der Waals surface area contributed by atoms with Gasteiger partial charge in [-0.2, -0.15) is 0 Å². The number of hydrogen-bond acceptors (Lipinski definition) is 6. The SMILES string of the molecule is C=CCN1C(=O)/C(=C/c2c(NCc3ccc(C)cc3)nc3c(C)cccn3c2=O)SC1=S. The minimum Gasteiger partial charge on any atom is -0.365 e. The van der Waals surface area contributed by atoms with Gasteiger partial charge in [0.25, 0.3) is 11.5 Å². The zero-order valence-electron chi connectivity index (χ0n) is 17.8. The van der Waals surface area contributed by atoms with Crippen LogP contribution in [0.5, 0.6) is 0 Å². The molecule has 0 radical (unpaired) electrons. The number of aryl methyl sites for hydroxylation is 2. The predicted molar refractivity (Wildman–Crippen MR) is 135 cm³/mol. The Kier molecular flexibility index (Phi) is 6.25. The van der Waals surface area contributed by atoms with E-state index in [9.17, 15) is 9.59 Å². The Hall–Kier alpha value is -3.23. The highest BCUT2D eigenvalue weighted by molar-refractivity contribution is 8.26. The molecule has 2 aromatic heterocycles. The number of benzene rings is 1. The lowest BCUT2D eigenvalue weighted by atomic mass is 10.1. The zero-order valence-corrected chi connectivity index (χ0v) is 19.4. The maximum Gasteiger partial charge on any atom is 0.267 e. The van der Waals surface area contributed by atoms with Crippen LogP contribution in [-0.4, -0.2) is 31.1 Å². The molecule has 4 rings (SSSR count). The topological polar surface area (TPSA) is 66.7 Å². The van der Waals surface area contributed by atoms with Crippen molar-refractivity contribution in [1.82, 2.24) is 14.3 Å². The van der Waals surface area contributed by atoms with Crippen LogP contribution >= 0.6 is 24.0 Å². The summed E-state index contributed by atoms with van der Waals surface area (Å²) in [5.41, 5.74) is 3.75. The van der Waals surface area contributed by atoms with E-state index in [1.54, 1.807) is 24.4 Å². The van der Waals surface area contributed by atoms with Gasteiger partial charge in [0.15, 0.2) is 0 Å². The quantitative estimate of drug-likeness (QED) is 0.335. The number of pyridine rings is 1. The second-order valence-corrected chi connectivity index (χ2v) is 9.16. The number of carbonyl (C=O) groups excluding carboxylic acids is 1.